The standard InChI is InChI=1S/C18H19F3N2O4S/c1-11-8-9-15(27-3)16(10-11)28(25,26)23-12(2)17(24)22-14-7-5-4-6-13(14)18(19,20)21/h4-10,12,23H,1-3H3,(H,22,24). The normalized spacial score (nSPS) is 13.1. The number of hydrogen-bond donors (Lipinski definition) is 2. The van der Waals surface area contributed by atoms with Gasteiger partial charge in [0, 0.05) is 0 Å². The predicted molar refractivity (Wildman–Crippen MR) is 97.6 cm³/mol. The fourth-order valence-corrected chi connectivity index (χ4v) is 3.88. The maximum atomic E-state index is 13.0. The third-order valence-electron chi connectivity index (χ3n) is 3.82. The third-order valence-corrected chi connectivity index (χ3v) is 5.39. The number of alkyl halides is 3. The molecule has 0 saturated heterocycles. The molecule has 10 heteroatoms. The van der Waals surface area contributed by atoms with Gasteiger partial charge in [-0.2, -0.15) is 17.9 Å². The summed E-state index contributed by atoms with van der Waals surface area (Å²) in [4.78, 5) is 12.1. The molecule has 28 heavy (non-hydrogen) atoms. The van der Waals surface area contributed by atoms with Gasteiger partial charge in [-0.15, -0.1) is 0 Å². The predicted octanol–water partition coefficient (Wildman–Crippen LogP) is 3.33. The number of anilines is 1. The molecule has 2 rings (SSSR count). The number of rotatable bonds is 6. The lowest BCUT2D eigenvalue weighted by molar-refractivity contribution is -0.137. The second-order valence-corrected chi connectivity index (χ2v) is 7.71. The van der Waals surface area contributed by atoms with Crippen molar-refractivity contribution in [3.8, 4) is 5.75 Å². The Labute approximate surface area is 160 Å². The molecule has 0 radical (unpaired) electrons. The molecule has 0 aliphatic heterocycles. The molecular formula is C18H19F3N2O4S. The number of carbonyl (C=O) groups is 1. The molecule has 2 aromatic carbocycles. The van der Waals surface area contributed by atoms with E-state index in [0.717, 1.165) is 12.1 Å². The lowest BCUT2D eigenvalue weighted by Gasteiger charge is -2.18. The Morgan fingerprint density at radius 3 is 2.39 bits per heavy atom. The van der Waals surface area contributed by atoms with E-state index in [1.165, 1.54) is 38.3 Å². The minimum Gasteiger partial charge on any atom is -0.495 e. The third kappa shape index (κ3) is 5.02. The first-order valence-electron chi connectivity index (χ1n) is 8.10. The fraction of sp³-hybridized carbons (Fsp3) is 0.278. The van der Waals surface area contributed by atoms with E-state index in [2.05, 4.69) is 10.0 Å². The van der Waals surface area contributed by atoms with Gasteiger partial charge < -0.3 is 10.1 Å². The average molecular weight is 416 g/mol. The summed E-state index contributed by atoms with van der Waals surface area (Å²) in [6.07, 6.45) is -4.67. The van der Waals surface area contributed by atoms with Gasteiger partial charge in [0.15, 0.2) is 0 Å². The van der Waals surface area contributed by atoms with E-state index in [0.29, 0.717) is 5.56 Å². The molecule has 0 aromatic heterocycles. The number of nitrogens with one attached hydrogen (secondary N) is 2. The van der Waals surface area contributed by atoms with Crippen LogP contribution in [0.2, 0.25) is 0 Å². The summed E-state index contributed by atoms with van der Waals surface area (Å²) in [6.45, 7) is 2.91. The zero-order valence-corrected chi connectivity index (χ0v) is 16.1. The molecule has 0 aliphatic rings. The monoisotopic (exact) mass is 416 g/mol. The topological polar surface area (TPSA) is 84.5 Å². The van der Waals surface area contributed by atoms with Gasteiger partial charge in [0.05, 0.1) is 24.4 Å². The summed E-state index contributed by atoms with van der Waals surface area (Å²) >= 11 is 0. The molecule has 0 bridgehead atoms. The molecule has 0 aliphatic carbocycles. The molecule has 6 nitrogen and oxygen atoms in total. The number of para-hydroxylation sites is 1. The Balaban J connectivity index is 2.23. The van der Waals surface area contributed by atoms with E-state index in [1.807, 2.05) is 0 Å². The van der Waals surface area contributed by atoms with Gasteiger partial charge >= 0.3 is 6.18 Å². The summed E-state index contributed by atoms with van der Waals surface area (Å²) in [5.74, 6) is -0.861. The van der Waals surface area contributed by atoms with Crippen LogP contribution < -0.4 is 14.8 Å². The number of sulfonamides is 1. The maximum absolute atomic E-state index is 13.0. The highest BCUT2D eigenvalue weighted by molar-refractivity contribution is 7.89. The lowest BCUT2D eigenvalue weighted by atomic mass is 10.1. The molecule has 0 heterocycles. The number of halogens is 3. The molecule has 1 atom stereocenters. The molecule has 152 valence electrons. The Kier molecular flexibility index (Phi) is 6.35. The second kappa shape index (κ2) is 8.19. The summed E-state index contributed by atoms with van der Waals surface area (Å²) < 4.78 is 71.5. The van der Waals surface area contributed by atoms with Crippen LogP contribution in [0.4, 0.5) is 18.9 Å². The molecule has 0 spiro atoms. The maximum Gasteiger partial charge on any atom is 0.418 e. The summed E-state index contributed by atoms with van der Waals surface area (Å²) in [5, 5.41) is 2.11. The fourth-order valence-electron chi connectivity index (χ4n) is 2.42. The van der Waals surface area contributed by atoms with Crippen LogP contribution >= 0.6 is 0 Å². The van der Waals surface area contributed by atoms with Gasteiger partial charge in [-0.05, 0) is 43.7 Å². The molecule has 1 unspecified atom stereocenters. The van der Waals surface area contributed by atoms with Crippen molar-refractivity contribution < 1.29 is 31.1 Å². The number of carbonyl (C=O) groups excluding carboxylic acids is 1. The highest BCUT2D eigenvalue weighted by Gasteiger charge is 2.34. The number of hydrogen-bond acceptors (Lipinski definition) is 4. The van der Waals surface area contributed by atoms with E-state index in [9.17, 15) is 26.4 Å². The van der Waals surface area contributed by atoms with Crippen molar-refractivity contribution in [2.75, 3.05) is 12.4 Å². The Morgan fingerprint density at radius 2 is 1.79 bits per heavy atom. The van der Waals surface area contributed by atoms with Gasteiger partial charge in [-0.25, -0.2) is 8.42 Å². The summed E-state index contributed by atoms with van der Waals surface area (Å²) in [6, 6.07) is 7.58. The molecule has 0 fully saturated rings. The zero-order valence-electron chi connectivity index (χ0n) is 15.3. The van der Waals surface area contributed by atoms with Crippen LogP contribution in [0.3, 0.4) is 0 Å². The van der Waals surface area contributed by atoms with Crippen molar-refractivity contribution in [3.05, 3.63) is 53.6 Å². The molecule has 0 saturated carbocycles. The largest absolute Gasteiger partial charge is 0.495 e. The van der Waals surface area contributed by atoms with E-state index < -0.39 is 39.4 Å². The van der Waals surface area contributed by atoms with Gasteiger partial charge in [0.1, 0.15) is 10.6 Å². The average Bonchev–Trinajstić information content (AvgIpc) is 2.60. The first-order valence-corrected chi connectivity index (χ1v) is 9.58. The lowest BCUT2D eigenvalue weighted by Crippen LogP contribution is -2.41. The number of methoxy groups -OCH3 is 1. The van der Waals surface area contributed by atoms with Crippen molar-refractivity contribution in [1.82, 2.24) is 4.72 Å². The SMILES string of the molecule is COc1ccc(C)cc1S(=O)(=O)NC(C)C(=O)Nc1ccccc1C(F)(F)F. The number of benzene rings is 2. The Hall–Kier alpha value is -2.59. The Bertz CT molecular complexity index is 975. The number of aryl methyl sites for hydroxylation is 1. The van der Waals surface area contributed by atoms with Crippen LogP contribution in [0.5, 0.6) is 5.75 Å². The van der Waals surface area contributed by atoms with Gasteiger partial charge in [-0.3, -0.25) is 4.79 Å². The number of amides is 1. The first-order chi connectivity index (χ1) is 13.0. The van der Waals surface area contributed by atoms with E-state index in [1.54, 1.807) is 13.0 Å². The van der Waals surface area contributed by atoms with Crippen molar-refractivity contribution in [2.45, 2.75) is 31.0 Å². The minimum atomic E-state index is -4.67. The van der Waals surface area contributed by atoms with Gasteiger partial charge in [0.2, 0.25) is 15.9 Å². The van der Waals surface area contributed by atoms with Crippen LogP contribution in [0.15, 0.2) is 47.4 Å². The van der Waals surface area contributed by atoms with Crippen LogP contribution in [0.25, 0.3) is 0 Å². The van der Waals surface area contributed by atoms with Crippen LogP contribution in [-0.4, -0.2) is 27.5 Å². The highest BCUT2D eigenvalue weighted by atomic mass is 32.2. The van der Waals surface area contributed by atoms with Crippen LogP contribution in [0, 0.1) is 6.92 Å². The van der Waals surface area contributed by atoms with Crippen molar-refractivity contribution in [3.63, 3.8) is 0 Å². The van der Waals surface area contributed by atoms with Crippen molar-refractivity contribution >= 4 is 21.6 Å². The molecular weight excluding hydrogens is 397 g/mol. The summed E-state index contributed by atoms with van der Waals surface area (Å²) in [5.41, 5.74) is -0.838. The van der Waals surface area contributed by atoms with Gasteiger partial charge in [0.25, 0.3) is 0 Å². The molecule has 2 N–H and O–H groups in total. The second-order valence-electron chi connectivity index (χ2n) is 6.03. The number of ether oxygens (including phenoxy) is 1. The summed E-state index contributed by atoms with van der Waals surface area (Å²) in [7, 11) is -2.86. The molecule has 1 amide bonds. The highest BCUT2D eigenvalue weighted by Crippen LogP contribution is 2.34. The quantitative estimate of drug-likeness (QED) is 0.757. The van der Waals surface area contributed by atoms with E-state index >= 15 is 0 Å². The van der Waals surface area contributed by atoms with E-state index in [-0.39, 0.29) is 10.6 Å². The smallest absolute Gasteiger partial charge is 0.418 e. The molecule has 2 aromatic rings. The van der Waals surface area contributed by atoms with Crippen molar-refractivity contribution in [2.24, 2.45) is 0 Å². The van der Waals surface area contributed by atoms with Crippen LogP contribution in [0.1, 0.15) is 18.1 Å². The van der Waals surface area contributed by atoms with Crippen LogP contribution in [-0.2, 0) is 21.0 Å². The van der Waals surface area contributed by atoms with Crippen molar-refractivity contribution in [1.29, 1.82) is 0 Å². The minimum absolute atomic E-state index is 0.0770. The first kappa shape index (κ1) is 21.7. The Morgan fingerprint density at radius 1 is 1.14 bits per heavy atom. The zero-order chi connectivity index (χ0) is 21.1. The van der Waals surface area contributed by atoms with Gasteiger partial charge in [-0.1, -0.05) is 18.2 Å². The van der Waals surface area contributed by atoms with E-state index in [4.69, 9.17) is 4.74 Å².